The van der Waals surface area contributed by atoms with Gasteiger partial charge in [0.1, 0.15) is 0 Å². The van der Waals surface area contributed by atoms with E-state index in [1.807, 2.05) is 61.5 Å². The number of amidine groups is 1. The fourth-order valence-electron chi connectivity index (χ4n) is 3.42. The van der Waals surface area contributed by atoms with Crippen LogP contribution in [-0.4, -0.2) is 34.3 Å². The molecule has 142 valence electrons. The Kier molecular flexibility index (Phi) is 5.05. The molecular weight excluding hydrogens is 372 g/mol. The number of fused-ring (bicyclic) bond motifs is 1. The minimum absolute atomic E-state index is 0.0526. The molecule has 1 unspecified atom stereocenters. The SMILES string of the molecule is CCOC(=O)C1=C(c2ccccc2)N=C2SCC(=O)N2C1c1ccc(C)cc1. The van der Waals surface area contributed by atoms with Gasteiger partial charge in [-0.1, -0.05) is 71.9 Å². The van der Waals surface area contributed by atoms with Crippen molar-refractivity contribution < 1.29 is 14.3 Å². The first kappa shape index (κ1) is 18.5. The van der Waals surface area contributed by atoms with Crippen LogP contribution >= 0.6 is 11.8 Å². The molecule has 2 aromatic carbocycles. The number of rotatable bonds is 4. The second-order valence-electron chi connectivity index (χ2n) is 6.61. The maximum Gasteiger partial charge on any atom is 0.338 e. The van der Waals surface area contributed by atoms with Crippen LogP contribution < -0.4 is 0 Å². The third-order valence-electron chi connectivity index (χ3n) is 4.73. The number of carbonyl (C=O) groups excluding carboxylic acids is 2. The van der Waals surface area contributed by atoms with E-state index >= 15 is 0 Å². The molecule has 0 N–H and O–H groups in total. The molecule has 2 aromatic rings. The second-order valence-corrected chi connectivity index (χ2v) is 7.55. The fourth-order valence-corrected chi connectivity index (χ4v) is 4.32. The van der Waals surface area contributed by atoms with E-state index in [-0.39, 0.29) is 12.5 Å². The van der Waals surface area contributed by atoms with Crippen molar-refractivity contribution in [3.05, 3.63) is 76.9 Å². The van der Waals surface area contributed by atoms with Crippen molar-refractivity contribution in [3.63, 3.8) is 0 Å². The van der Waals surface area contributed by atoms with E-state index in [0.717, 1.165) is 16.7 Å². The molecule has 2 aliphatic rings. The molecule has 2 aliphatic heterocycles. The number of amides is 1. The molecule has 28 heavy (non-hydrogen) atoms. The lowest BCUT2D eigenvalue weighted by atomic mass is 9.91. The zero-order valence-electron chi connectivity index (χ0n) is 15.7. The van der Waals surface area contributed by atoms with E-state index in [1.54, 1.807) is 11.8 Å². The van der Waals surface area contributed by atoms with Gasteiger partial charge < -0.3 is 4.74 Å². The molecule has 6 heteroatoms. The van der Waals surface area contributed by atoms with Gasteiger partial charge in [-0.25, -0.2) is 9.79 Å². The summed E-state index contributed by atoms with van der Waals surface area (Å²) in [7, 11) is 0. The van der Waals surface area contributed by atoms with Crippen LogP contribution in [0.5, 0.6) is 0 Å². The average molecular weight is 392 g/mol. The molecule has 1 atom stereocenters. The Labute approximate surface area is 168 Å². The van der Waals surface area contributed by atoms with Gasteiger partial charge in [-0.15, -0.1) is 0 Å². The topological polar surface area (TPSA) is 59.0 Å². The molecule has 1 saturated heterocycles. The maximum atomic E-state index is 13.0. The smallest absolute Gasteiger partial charge is 0.338 e. The highest BCUT2D eigenvalue weighted by Crippen LogP contribution is 2.43. The number of aliphatic imine (C=N–C) groups is 1. The molecule has 1 fully saturated rings. The van der Waals surface area contributed by atoms with Crippen LogP contribution in [0.4, 0.5) is 0 Å². The van der Waals surface area contributed by atoms with Crippen LogP contribution in [0.2, 0.25) is 0 Å². The van der Waals surface area contributed by atoms with Crippen molar-refractivity contribution in [1.29, 1.82) is 0 Å². The second kappa shape index (κ2) is 7.64. The van der Waals surface area contributed by atoms with Crippen molar-refractivity contribution >= 4 is 34.5 Å². The summed E-state index contributed by atoms with van der Waals surface area (Å²) in [6.07, 6.45) is 0. The third kappa shape index (κ3) is 3.24. The Hall–Kier alpha value is -2.86. The summed E-state index contributed by atoms with van der Waals surface area (Å²) in [6, 6.07) is 16.9. The van der Waals surface area contributed by atoms with Crippen LogP contribution in [0.1, 0.15) is 29.7 Å². The van der Waals surface area contributed by atoms with Crippen molar-refractivity contribution in [3.8, 4) is 0 Å². The van der Waals surface area contributed by atoms with Crippen LogP contribution in [0.25, 0.3) is 5.70 Å². The van der Waals surface area contributed by atoms with Gasteiger partial charge in [0.25, 0.3) is 0 Å². The number of benzene rings is 2. The summed E-state index contributed by atoms with van der Waals surface area (Å²) in [5, 5.41) is 0.627. The van der Waals surface area contributed by atoms with Crippen LogP contribution in [0.3, 0.4) is 0 Å². The Balaban J connectivity index is 1.96. The molecule has 0 spiro atoms. The van der Waals surface area contributed by atoms with Gasteiger partial charge in [0.15, 0.2) is 5.17 Å². The highest BCUT2D eigenvalue weighted by Gasteiger charge is 2.44. The lowest BCUT2D eigenvalue weighted by Gasteiger charge is -2.33. The van der Waals surface area contributed by atoms with Crippen LogP contribution in [-0.2, 0) is 14.3 Å². The molecule has 0 saturated carbocycles. The van der Waals surface area contributed by atoms with Gasteiger partial charge in [0.05, 0.1) is 29.7 Å². The third-order valence-corrected chi connectivity index (χ3v) is 5.67. The first-order valence-electron chi connectivity index (χ1n) is 9.17. The van der Waals surface area contributed by atoms with E-state index in [1.165, 1.54) is 11.8 Å². The zero-order chi connectivity index (χ0) is 19.7. The first-order chi connectivity index (χ1) is 13.6. The fraction of sp³-hybridized carbons (Fsp3) is 0.227. The van der Waals surface area contributed by atoms with E-state index in [4.69, 9.17) is 9.73 Å². The number of carbonyl (C=O) groups is 2. The number of thioether (sulfide) groups is 1. The number of hydrogen-bond donors (Lipinski definition) is 0. The summed E-state index contributed by atoms with van der Waals surface area (Å²) in [5.41, 5.74) is 3.77. The monoisotopic (exact) mass is 392 g/mol. The molecule has 5 nitrogen and oxygen atoms in total. The standard InChI is InChI=1S/C22H20N2O3S/c1-3-27-21(26)18-19(15-7-5-4-6-8-15)23-22-24(17(25)13-28-22)20(18)16-11-9-14(2)10-12-16/h4-12,20H,3,13H2,1-2H3. The molecule has 0 radical (unpaired) electrons. The van der Waals surface area contributed by atoms with E-state index in [0.29, 0.717) is 22.2 Å². The Bertz CT molecular complexity index is 981. The van der Waals surface area contributed by atoms with Crippen LogP contribution in [0, 0.1) is 6.92 Å². The number of nitrogens with zero attached hydrogens (tertiary/aromatic N) is 2. The van der Waals surface area contributed by atoms with Crippen molar-refractivity contribution in [2.45, 2.75) is 19.9 Å². The summed E-state index contributed by atoms with van der Waals surface area (Å²) in [5.74, 6) is -0.179. The summed E-state index contributed by atoms with van der Waals surface area (Å²) in [6.45, 7) is 4.03. The normalized spacial score (nSPS) is 18.8. The number of ether oxygens (including phenoxy) is 1. The van der Waals surface area contributed by atoms with E-state index in [2.05, 4.69) is 0 Å². The maximum absolute atomic E-state index is 13.0. The largest absolute Gasteiger partial charge is 0.463 e. The van der Waals surface area contributed by atoms with Gasteiger partial charge >= 0.3 is 5.97 Å². The van der Waals surface area contributed by atoms with E-state index < -0.39 is 12.0 Å². The van der Waals surface area contributed by atoms with Crippen LogP contribution in [0.15, 0.2) is 65.2 Å². The van der Waals surface area contributed by atoms with Crippen molar-refractivity contribution in [2.75, 3.05) is 12.4 Å². The predicted molar refractivity (Wildman–Crippen MR) is 111 cm³/mol. The van der Waals surface area contributed by atoms with Gasteiger partial charge in [-0.3, -0.25) is 9.69 Å². The minimum Gasteiger partial charge on any atom is -0.463 e. The molecule has 0 aromatic heterocycles. The Morgan fingerprint density at radius 1 is 1.18 bits per heavy atom. The summed E-state index contributed by atoms with van der Waals surface area (Å²) >= 11 is 1.40. The van der Waals surface area contributed by atoms with Crippen molar-refractivity contribution in [1.82, 2.24) is 4.90 Å². The van der Waals surface area contributed by atoms with Crippen molar-refractivity contribution in [2.24, 2.45) is 4.99 Å². The van der Waals surface area contributed by atoms with Gasteiger partial charge in [0.2, 0.25) is 5.91 Å². The number of hydrogen-bond acceptors (Lipinski definition) is 5. The quantitative estimate of drug-likeness (QED) is 0.739. The van der Waals surface area contributed by atoms with Gasteiger partial charge in [0, 0.05) is 5.56 Å². The first-order valence-corrected chi connectivity index (χ1v) is 10.2. The Morgan fingerprint density at radius 2 is 1.89 bits per heavy atom. The molecule has 0 bridgehead atoms. The predicted octanol–water partition coefficient (Wildman–Crippen LogP) is 3.96. The lowest BCUT2D eigenvalue weighted by molar-refractivity contribution is -0.139. The van der Waals surface area contributed by atoms with Gasteiger partial charge in [-0.2, -0.15) is 0 Å². The summed E-state index contributed by atoms with van der Waals surface area (Å²) in [4.78, 5) is 32.1. The number of aryl methyl sites for hydroxylation is 1. The Morgan fingerprint density at radius 3 is 2.57 bits per heavy atom. The minimum atomic E-state index is -0.551. The molecular formula is C22H20N2O3S. The molecule has 0 aliphatic carbocycles. The van der Waals surface area contributed by atoms with E-state index in [9.17, 15) is 9.59 Å². The molecule has 4 rings (SSSR count). The average Bonchev–Trinajstić information content (AvgIpc) is 3.09. The number of esters is 1. The highest BCUT2D eigenvalue weighted by molar-refractivity contribution is 8.15. The highest BCUT2D eigenvalue weighted by atomic mass is 32.2. The summed E-state index contributed by atoms with van der Waals surface area (Å²) < 4.78 is 5.38. The molecule has 2 heterocycles. The van der Waals surface area contributed by atoms with Gasteiger partial charge in [-0.05, 0) is 19.4 Å². The lowest BCUT2D eigenvalue weighted by Crippen LogP contribution is -2.39. The molecule has 1 amide bonds. The zero-order valence-corrected chi connectivity index (χ0v) is 16.5.